The van der Waals surface area contributed by atoms with E-state index < -0.39 is 0 Å². The second kappa shape index (κ2) is 9.28. The summed E-state index contributed by atoms with van der Waals surface area (Å²) in [7, 11) is 1.68. The zero-order chi connectivity index (χ0) is 9.94. The Morgan fingerprint density at radius 1 is 1.46 bits per heavy atom. The average Bonchev–Trinajstić information content (AvgIpc) is 2.17. The maximum atomic E-state index is 5.30. The Labute approximate surface area is 79.7 Å². The summed E-state index contributed by atoms with van der Waals surface area (Å²) in [5.74, 6) is 5.78. The van der Waals surface area contributed by atoms with Crippen molar-refractivity contribution in [1.82, 2.24) is 10.7 Å². The first kappa shape index (κ1) is 12.2. The average molecular weight is 188 g/mol. The normalized spacial score (nSPS) is 11.5. The van der Waals surface area contributed by atoms with E-state index in [1.54, 1.807) is 7.05 Å². The number of hydrogen-bond acceptors (Lipinski definition) is 3. The van der Waals surface area contributed by atoms with Crippen molar-refractivity contribution >= 4 is 5.96 Å². The molecule has 0 atom stereocenters. The van der Waals surface area contributed by atoms with E-state index in [1.165, 1.54) is 0 Å². The SMILES string of the molecule is CCCOCCCNC(=NC)NN. The van der Waals surface area contributed by atoms with E-state index in [0.717, 1.165) is 32.6 Å². The quantitative estimate of drug-likeness (QED) is 0.178. The summed E-state index contributed by atoms with van der Waals surface area (Å²) in [4.78, 5) is 3.87. The second-order valence-corrected chi connectivity index (χ2v) is 2.61. The smallest absolute Gasteiger partial charge is 0.205 e. The van der Waals surface area contributed by atoms with E-state index in [9.17, 15) is 0 Å². The first-order valence-corrected chi connectivity index (χ1v) is 4.60. The molecule has 0 unspecified atom stereocenters. The molecule has 0 aromatic carbocycles. The monoisotopic (exact) mass is 188 g/mol. The molecule has 0 aromatic heterocycles. The van der Waals surface area contributed by atoms with Gasteiger partial charge in [-0.25, -0.2) is 5.84 Å². The third kappa shape index (κ3) is 7.55. The van der Waals surface area contributed by atoms with Gasteiger partial charge in [0.2, 0.25) is 5.96 Å². The van der Waals surface area contributed by atoms with Crippen molar-refractivity contribution in [3.63, 3.8) is 0 Å². The molecule has 4 N–H and O–H groups in total. The van der Waals surface area contributed by atoms with Crippen LogP contribution >= 0.6 is 0 Å². The molecular weight excluding hydrogens is 168 g/mol. The molecule has 0 aliphatic rings. The number of hydrazine groups is 1. The van der Waals surface area contributed by atoms with Gasteiger partial charge in [0.05, 0.1) is 0 Å². The molecule has 0 saturated carbocycles. The van der Waals surface area contributed by atoms with Crippen LogP contribution in [0.5, 0.6) is 0 Å². The summed E-state index contributed by atoms with van der Waals surface area (Å²) in [5, 5.41) is 3.03. The number of nitrogens with one attached hydrogen (secondary N) is 2. The Morgan fingerprint density at radius 2 is 2.23 bits per heavy atom. The van der Waals surface area contributed by atoms with Gasteiger partial charge < -0.3 is 10.1 Å². The molecule has 13 heavy (non-hydrogen) atoms. The second-order valence-electron chi connectivity index (χ2n) is 2.61. The van der Waals surface area contributed by atoms with Gasteiger partial charge in [0, 0.05) is 26.8 Å². The first-order chi connectivity index (χ1) is 6.35. The molecule has 0 amide bonds. The lowest BCUT2D eigenvalue weighted by atomic mass is 10.4. The first-order valence-electron chi connectivity index (χ1n) is 4.60. The number of ether oxygens (including phenoxy) is 1. The van der Waals surface area contributed by atoms with E-state index in [1.807, 2.05) is 0 Å². The number of aliphatic imine (C=N–C) groups is 1. The van der Waals surface area contributed by atoms with Crippen LogP contribution < -0.4 is 16.6 Å². The third-order valence-electron chi connectivity index (χ3n) is 1.47. The molecule has 0 aliphatic heterocycles. The Hall–Kier alpha value is -0.810. The molecule has 0 rings (SSSR count). The third-order valence-corrected chi connectivity index (χ3v) is 1.47. The maximum absolute atomic E-state index is 5.30. The summed E-state index contributed by atoms with van der Waals surface area (Å²) in [5.41, 5.74) is 2.45. The molecule has 0 aliphatic carbocycles. The molecule has 0 fully saturated rings. The highest BCUT2D eigenvalue weighted by Gasteiger charge is 1.92. The Kier molecular flexibility index (Phi) is 8.70. The molecule has 5 nitrogen and oxygen atoms in total. The summed E-state index contributed by atoms with van der Waals surface area (Å²) in [6.07, 6.45) is 2.03. The lowest BCUT2D eigenvalue weighted by Gasteiger charge is -2.07. The van der Waals surface area contributed by atoms with Crippen molar-refractivity contribution in [2.45, 2.75) is 19.8 Å². The summed E-state index contributed by atoms with van der Waals surface area (Å²) in [6, 6.07) is 0. The number of hydrogen-bond donors (Lipinski definition) is 3. The van der Waals surface area contributed by atoms with Crippen molar-refractivity contribution in [2.24, 2.45) is 10.8 Å². The van der Waals surface area contributed by atoms with E-state index in [-0.39, 0.29) is 0 Å². The van der Waals surface area contributed by atoms with Crippen LogP contribution in [-0.4, -0.2) is 32.8 Å². The Bertz CT molecular complexity index is 138. The summed E-state index contributed by atoms with van der Waals surface area (Å²) < 4.78 is 5.30. The standard InChI is InChI=1S/C8H20N4O/c1-3-6-13-7-4-5-11-8(10-2)12-9/h3-7,9H2,1-2H3,(H2,10,11,12). The predicted octanol–water partition coefficient (Wildman–Crippen LogP) is -0.158. The highest BCUT2D eigenvalue weighted by atomic mass is 16.5. The minimum absolute atomic E-state index is 0.607. The fourth-order valence-electron chi connectivity index (χ4n) is 0.822. The summed E-state index contributed by atoms with van der Waals surface area (Å²) in [6.45, 7) is 4.53. The lowest BCUT2D eigenvalue weighted by molar-refractivity contribution is 0.133. The van der Waals surface area contributed by atoms with Crippen molar-refractivity contribution in [3.05, 3.63) is 0 Å². The largest absolute Gasteiger partial charge is 0.381 e. The molecule has 5 heteroatoms. The fourth-order valence-corrected chi connectivity index (χ4v) is 0.822. The van der Waals surface area contributed by atoms with Crippen molar-refractivity contribution in [2.75, 3.05) is 26.8 Å². The number of guanidine groups is 1. The van der Waals surface area contributed by atoms with Crippen LogP contribution in [0.1, 0.15) is 19.8 Å². The maximum Gasteiger partial charge on any atom is 0.205 e. The van der Waals surface area contributed by atoms with Gasteiger partial charge in [0.25, 0.3) is 0 Å². The van der Waals surface area contributed by atoms with E-state index in [4.69, 9.17) is 10.6 Å². The van der Waals surface area contributed by atoms with Gasteiger partial charge >= 0.3 is 0 Å². The number of rotatable bonds is 6. The fraction of sp³-hybridized carbons (Fsp3) is 0.875. The number of nitrogens with zero attached hydrogens (tertiary/aromatic N) is 1. The molecular formula is C8H20N4O. The zero-order valence-corrected chi connectivity index (χ0v) is 8.47. The Balaban J connectivity index is 3.15. The van der Waals surface area contributed by atoms with E-state index >= 15 is 0 Å². The minimum Gasteiger partial charge on any atom is -0.381 e. The van der Waals surface area contributed by atoms with Crippen LogP contribution in [0, 0.1) is 0 Å². The zero-order valence-electron chi connectivity index (χ0n) is 8.47. The molecule has 0 radical (unpaired) electrons. The van der Waals surface area contributed by atoms with Crippen LogP contribution in [0.4, 0.5) is 0 Å². The van der Waals surface area contributed by atoms with Crippen LogP contribution in [0.15, 0.2) is 4.99 Å². The van der Waals surface area contributed by atoms with Gasteiger partial charge in [0.1, 0.15) is 0 Å². The molecule has 0 aromatic rings. The minimum atomic E-state index is 0.607. The van der Waals surface area contributed by atoms with Crippen LogP contribution in [0.3, 0.4) is 0 Å². The highest BCUT2D eigenvalue weighted by molar-refractivity contribution is 5.78. The molecule has 0 spiro atoms. The van der Waals surface area contributed by atoms with Crippen molar-refractivity contribution in [3.8, 4) is 0 Å². The Morgan fingerprint density at radius 3 is 2.77 bits per heavy atom. The topological polar surface area (TPSA) is 71.7 Å². The van der Waals surface area contributed by atoms with Crippen LogP contribution in [-0.2, 0) is 4.74 Å². The van der Waals surface area contributed by atoms with Gasteiger partial charge in [-0.1, -0.05) is 6.92 Å². The van der Waals surface area contributed by atoms with Crippen molar-refractivity contribution in [1.29, 1.82) is 0 Å². The lowest BCUT2D eigenvalue weighted by Crippen LogP contribution is -2.41. The number of nitrogens with two attached hydrogens (primary N) is 1. The van der Waals surface area contributed by atoms with E-state index in [2.05, 4.69) is 22.7 Å². The highest BCUT2D eigenvalue weighted by Crippen LogP contribution is 1.83. The van der Waals surface area contributed by atoms with Gasteiger partial charge in [-0.15, -0.1) is 0 Å². The van der Waals surface area contributed by atoms with Gasteiger partial charge in [0.15, 0.2) is 0 Å². The predicted molar refractivity (Wildman–Crippen MR) is 54.4 cm³/mol. The van der Waals surface area contributed by atoms with E-state index in [0.29, 0.717) is 5.96 Å². The molecule has 78 valence electrons. The summed E-state index contributed by atoms with van der Waals surface area (Å²) >= 11 is 0. The van der Waals surface area contributed by atoms with Gasteiger partial charge in [-0.05, 0) is 12.8 Å². The molecule has 0 saturated heterocycles. The molecule has 0 heterocycles. The van der Waals surface area contributed by atoms with Crippen LogP contribution in [0.25, 0.3) is 0 Å². The van der Waals surface area contributed by atoms with Gasteiger partial charge in [-0.3, -0.25) is 10.4 Å². The van der Waals surface area contributed by atoms with Gasteiger partial charge in [-0.2, -0.15) is 0 Å². The van der Waals surface area contributed by atoms with Crippen molar-refractivity contribution < 1.29 is 4.74 Å². The van der Waals surface area contributed by atoms with Crippen LogP contribution in [0.2, 0.25) is 0 Å². The molecule has 0 bridgehead atoms.